The number of hydrogen-bond acceptors (Lipinski definition) is 3. The first-order valence-corrected chi connectivity index (χ1v) is 8.80. The molecule has 1 nitrogen and oxygen atoms in total. The molecule has 0 bridgehead atoms. The van der Waals surface area contributed by atoms with Gasteiger partial charge in [0.15, 0.2) is 0 Å². The molecule has 1 aromatic carbocycles. The van der Waals surface area contributed by atoms with E-state index in [-0.39, 0.29) is 0 Å². The summed E-state index contributed by atoms with van der Waals surface area (Å²) in [6, 6.07) is 13.7. The summed E-state index contributed by atoms with van der Waals surface area (Å²) in [6.07, 6.45) is 3.61. The summed E-state index contributed by atoms with van der Waals surface area (Å²) >= 11 is 3.71. The van der Waals surface area contributed by atoms with Gasteiger partial charge in [-0.15, -0.1) is 22.7 Å². The summed E-state index contributed by atoms with van der Waals surface area (Å²) in [4.78, 5) is 1.49. The van der Waals surface area contributed by atoms with Gasteiger partial charge in [0, 0.05) is 15.6 Å². The molecule has 0 saturated carbocycles. The molecule has 0 aliphatic carbocycles. The van der Waals surface area contributed by atoms with E-state index in [9.17, 15) is 0 Å². The fraction of sp³-hybridized carbons (Fsp3) is 0.294. The standard InChI is InChI=1S/C17H19NS2/c1-18-16(9-3-6-14-7-4-11-19-14)15-8-2-5-13-10-12-20-17(13)15/h2,4-5,7-8,10-12,16,18H,3,6,9H2,1H3. The van der Waals surface area contributed by atoms with Crippen LogP contribution < -0.4 is 5.32 Å². The van der Waals surface area contributed by atoms with Crippen LogP contribution in [0, 0.1) is 0 Å². The first-order valence-electron chi connectivity index (χ1n) is 7.04. The molecule has 2 aromatic heterocycles. The van der Waals surface area contributed by atoms with Crippen molar-refractivity contribution in [3.63, 3.8) is 0 Å². The summed E-state index contributed by atoms with van der Waals surface area (Å²) in [7, 11) is 2.07. The monoisotopic (exact) mass is 301 g/mol. The molecule has 0 fully saturated rings. The Balaban J connectivity index is 1.71. The van der Waals surface area contributed by atoms with Gasteiger partial charge in [0.1, 0.15) is 0 Å². The van der Waals surface area contributed by atoms with Crippen molar-refractivity contribution < 1.29 is 0 Å². The van der Waals surface area contributed by atoms with Crippen LogP contribution in [-0.2, 0) is 6.42 Å². The van der Waals surface area contributed by atoms with Gasteiger partial charge in [-0.2, -0.15) is 0 Å². The third-order valence-electron chi connectivity index (χ3n) is 3.73. The predicted octanol–water partition coefficient (Wildman–Crippen LogP) is 5.25. The quantitative estimate of drug-likeness (QED) is 0.656. The lowest BCUT2D eigenvalue weighted by molar-refractivity contribution is 0.532. The van der Waals surface area contributed by atoms with E-state index < -0.39 is 0 Å². The molecule has 0 aliphatic rings. The molecule has 1 unspecified atom stereocenters. The molecular formula is C17H19NS2. The largest absolute Gasteiger partial charge is 0.313 e. The summed E-state index contributed by atoms with van der Waals surface area (Å²) in [5.41, 5.74) is 1.45. The average Bonchev–Trinajstić information content (AvgIpc) is 3.14. The van der Waals surface area contributed by atoms with Crippen LogP contribution in [-0.4, -0.2) is 7.05 Å². The van der Waals surface area contributed by atoms with Crippen LogP contribution in [0.3, 0.4) is 0 Å². The molecule has 0 spiro atoms. The van der Waals surface area contributed by atoms with Crippen molar-refractivity contribution in [1.82, 2.24) is 5.32 Å². The number of nitrogens with one attached hydrogen (secondary N) is 1. The van der Waals surface area contributed by atoms with Gasteiger partial charge in [-0.3, -0.25) is 0 Å². The van der Waals surface area contributed by atoms with Crippen molar-refractivity contribution in [3.05, 3.63) is 57.6 Å². The van der Waals surface area contributed by atoms with Crippen molar-refractivity contribution in [2.45, 2.75) is 25.3 Å². The minimum atomic E-state index is 0.456. The molecule has 3 rings (SSSR count). The summed E-state index contributed by atoms with van der Waals surface area (Å²) in [6.45, 7) is 0. The summed E-state index contributed by atoms with van der Waals surface area (Å²) in [5.74, 6) is 0. The predicted molar refractivity (Wildman–Crippen MR) is 90.9 cm³/mol. The molecule has 104 valence electrons. The molecule has 20 heavy (non-hydrogen) atoms. The molecule has 1 atom stereocenters. The average molecular weight is 301 g/mol. The normalized spacial score (nSPS) is 12.8. The molecule has 3 heteroatoms. The Labute approximate surface area is 128 Å². The van der Waals surface area contributed by atoms with Crippen LogP contribution in [0.4, 0.5) is 0 Å². The smallest absolute Gasteiger partial charge is 0.0390 e. The van der Waals surface area contributed by atoms with Gasteiger partial charge in [0.2, 0.25) is 0 Å². The van der Waals surface area contributed by atoms with Crippen molar-refractivity contribution >= 4 is 32.8 Å². The van der Waals surface area contributed by atoms with Crippen molar-refractivity contribution in [3.8, 4) is 0 Å². The minimum absolute atomic E-state index is 0.456. The lowest BCUT2D eigenvalue weighted by Gasteiger charge is -2.17. The van der Waals surface area contributed by atoms with E-state index in [1.54, 1.807) is 0 Å². The topological polar surface area (TPSA) is 12.0 Å². The second-order valence-electron chi connectivity index (χ2n) is 5.00. The van der Waals surface area contributed by atoms with Gasteiger partial charge in [0.25, 0.3) is 0 Å². The van der Waals surface area contributed by atoms with E-state index in [2.05, 4.69) is 59.5 Å². The maximum absolute atomic E-state index is 3.49. The van der Waals surface area contributed by atoms with Gasteiger partial charge in [-0.1, -0.05) is 24.3 Å². The number of benzene rings is 1. The highest BCUT2D eigenvalue weighted by Crippen LogP contribution is 2.31. The maximum atomic E-state index is 3.49. The minimum Gasteiger partial charge on any atom is -0.313 e. The van der Waals surface area contributed by atoms with Gasteiger partial charge in [0.05, 0.1) is 0 Å². The molecule has 0 saturated heterocycles. The molecule has 0 radical (unpaired) electrons. The number of fused-ring (bicyclic) bond motifs is 1. The van der Waals surface area contributed by atoms with E-state index in [0.717, 1.165) is 0 Å². The van der Waals surface area contributed by atoms with Crippen LogP contribution >= 0.6 is 22.7 Å². The van der Waals surface area contributed by atoms with Gasteiger partial charge in [-0.05, 0) is 60.2 Å². The Morgan fingerprint density at radius 1 is 1.05 bits per heavy atom. The van der Waals surface area contributed by atoms with E-state index in [1.807, 2.05) is 22.7 Å². The Bertz CT molecular complexity index is 655. The van der Waals surface area contributed by atoms with E-state index >= 15 is 0 Å². The van der Waals surface area contributed by atoms with Crippen LogP contribution in [0.5, 0.6) is 0 Å². The molecular weight excluding hydrogens is 282 g/mol. The molecule has 2 heterocycles. The Morgan fingerprint density at radius 2 is 2.00 bits per heavy atom. The highest BCUT2D eigenvalue weighted by atomic mass is 32.1. The number of hydrogen-bond donors (Lipinski definition) is 1. The number of aryl methyl sites for hydroxylation is 1. The third kappa shape index (κ3) is 2.95. The van der Waals surface area contributed by atoms with Gasteiger partial charge in [-0.25, -0.2) is 0 Å². The van der Waals surface area contributed by atoms with E-state index in [0.29, 0.717) is 6.04 Å². The fourth-order valence-corrected chi connectivity index (χ4v) is 4.40. The van der Waals surface area contributed by atoms with Crippen molar-refractivity contribution in [2.24, 2.45) is 0 Å². The second-order valence-corrected chi connectivity index (χ2v) is 6.95. The van der Waals surface area contributed by atoms with Crippen LogP contribution in [0.15, 0.2) is 47.2 Å². The fourth-order valence-electron chi connectivity index (χ4n) is 2.68. The van der Waals surface area contributed by atoms with Crippen LogP contribution in [0.25, 0.3) is 10.1 Å². The Morgan fingerprint density at radius 3 is 2.80 bits per heavy atom. The lowest BCUT2D eigenvalue weighted by atomic mass is 10.00. The number of thiophene rings is 2. The highest BCUT2D eigenvalue weighted by Gasteiger charge is 2.13. The number of rotatable bonds is 6. The molecule has 1 N–H and O–H groups in total. The summed E-state index contributed by atoms with van der Waals surface area (Å²) in [5, 5.41) is 9.21. The summed E-state index contributed by atoms with van der Waals surface area (Å²) < 4.78 is 1.43. The Kier molecular flexibility index (Phi) is 4.51. The molecule has 3 aromatic rings. The SMILES string of the molecule is CNC(CCCc1cccs1)c1cccc2ccsc12. The van der Waals surface area contributed by atoms with Crippen molar-refractivity contribution in [2.75, 3.05) is 7.05 Å². The van der Waals surface area contributed by atoms with Crippen molar-refractivity contribution in [1.29, 1.82) is 0 Å². The first kappa shape index (κ1) is 13.8. The van der Waals surface area contributed by atoms with E-state index in [4.69, 9.17) is 0 Å². The van der Waals surface area contributed by atoms with E-state index in [1.165, 1.54) is 39.8 Å². The third-order valence-corrected chi connectivity index (χ3v) is 5.64. The van der Waals surface area contributed by atoms with Gasteiger partial charge >= 0.3 is 0 Å². The molecule has 0 aliphatic heterocycles. The molecule has 0 amide bonds. The second kappa shape index (κ2) is 6.53. The Hall–Kier alpha value is -1.16. The highest BCUT2D eigenvalue weighted by molar-refractivity contribution is 7.17. The zero-order valence-electron chi connectivity index (χ0n) is 11.6. The van der Waals surface area contributed by atoms with Gasteiger partial charge < -0.3 is 5.32 Å². The zero-order chi connectivity index (χ0) is 13.8. The zero-order valence-corrected chi connectivity index (χ0v) is 13.3. The maximum Gasteiger partial charge on any atom is 0.0390 e. The first-order chi connectivity index (χ1) is 9.88. The lowest BCUT2D eigenvalue weighted by Crippen LogP contribution is -2.16. The van der Waals surface area contributed by atoms with Crippen LogP contribution in [0.2, 0.25) is 0 Å². The van der Waals surface area contributed by atoms with Crippen LogP contribution in [0.1, 0.15) is 29.3 Å².